The average molecular weight is 446 g/mol. The van der Waals surface area contributed by atoms with Crippen LogP contribution in [-0.2, 0) is 27.0 Å². The molecule has 7 nitrogen and oxygen atoms in total. The number of ether oxygens (including phenoxy) is 1. The number of rotatable bonds is 3. The van der Waals surface area contributed by atoms with Crippen LogP contribution in [-0.4, -0.2) is 18.9 Å². The minimum atomic E-state index is -1.92. The van der Waals surface area contributed by atoms with Gasteiger partial charge in [0, 0.05) is 11.4 Å². The minimum absolute atomic E-state index is 0.243. The number of benzene rings is 3. The summed E-state index contributed by atoms with van der Waals surface area (Å²) in [4.78, 5) is 29.7. The number of carbonyl (C=O) groups is 2. The maximum Gasteiger partial charge on any atom is 0.242 e. The van der Waals surface area contributed by atoms with E-state index in [4.69, 9.17) is 4.74 Å². The summed E-state index contributed by atoms with van der Waals surface area (Å²) in [6, 6.07) is 25.9. The van der Waals surface area contributed by atoms with Crippen LogP contribution in [0.25, 0.3) is 0 Å². The summed E-state index contributed by atoms with van der Waals surface area (Å²) in [6.07, 6.45) is 0. The summed E-state index contributed by atoms with van der Waals surface area (Å²) in [7, 11) is 1.51. The van der Waals surface area contributed by atoms with Gasteiger partial charge in [0.15, 0.2) is 5.41 Å². The number of hydrogen-bond donors (Lipinski definition) is 1. The van der Waals surface area contributed by atoms with E-state index in [1.807, 2.05) is 30.3 Å². The first-order chi connectivity index (χ1) is 16.5. The van der Waals surface area contributed by atoms with Gasteiger partial charge in [0.1, 0.15) is 16.6 Å². The number of anilines is 2. The van der Waals surface area contributed by atoms with Crippen molar-refractivity contribution in [3.8, 4) is 17.9 Å². The second-order valence-corrected chi connectivity index (χ2v) is 8.73. The van der Waals surface area contributed by atoms with Crippen molar-refractivity contribution in [1.82, 2.24) is 0 Å². The Bertz CT molecular complexity index is 1470. The van der Waals surface area contributed by atoms with Gasteiger partial charge in [-0.05, 0) is 41.0 Å². The zero-order valence-corrected chi connectivity index (χ0v) is 18.2. The van der Waals surface area contributed by atoms with E-state index >= 15 is 0 Å². The van der Waals surface area contributed by atoms with Crippen LogP contribution in [0.3, 0.4) is 0 Å². The predicted molar refractivity (Wildman–Crippen MR) is 123 cm³/mol. The Balaban J connectivity index is 1.67. The zero-order chi connectivity index (χ0) is 23.7. The maximum absolute atomic E-state index is 14.4. The molecule has 0 bridgehead atoms. The van der Waals surface area contributed by atoms with E-state index in [9.17, 15) is 20.1 Å². The zero-order valence-electron chi connectivity index (χ0n) is 18.2. The molecule has 3 aromatic carbocycles. The van der Waals surface area contributed by atoms with Crippen molar-refractivity contribution in [1.29, 1.82) is 10.5 Å². The van der Waals surface area contributed by atoms with E-state index in [0.717, 1.165) is 5.56 Å². The smallest absolute Gasteiger partial charge is 0.242 e. The Morgan fingerprint density at radius 3 is 2.32 bits per heavy atom. The highest BCUT2D eigenvalue weighted by Gasteiger charge is 3.00. The largest absolute Gasteiger partial charge is 0.497 e. The molecule has 3 aliphatic rings. The van der Waals surface area contributed by atoms with Crippen LogP contribution in [0.1, 0.15) is 16.7 Å². The van der Waals surface area contributed by atoms with Gasteiger partial charge in [-0.1, -0.05) is 48.5 Å². The molecule has 3 aromatic rings. The summed E-state index contributed by atoms with van der Waals surface area (Å²) in [5, 5.41) is 23.7. The Kier molecular flexibility index (Phi) is 3.80. The summed E-state index contributed by atoms with van der Waals surface area (Å²) in [5.74, 6) is -0.471. The van der Waals surface area contributed by atoms with E-state index in [-0.39, 0.29) is 6.54 Å². The monoisotopic (exact) mass is 446 g/mol. The summed E-state index contributed by atoms with van der Waals surface area (Å²) < 4.78 is 5.44. The van der Waals surface area contributed by atoms with E-state index in [1.165, 1.54) is 7.11 Å². The van der Waals surface area contributed by atoms with Crippen LogP contribution in [0.4, 0.5) is 11.4 Å². The number of nitrogens with zero attached hydrogens (tertiary/aromatic N) is 3. The lowest BCUT2D eigenvalue weighted by Gasteiger charge is -2.19. The summed E-state index contributed by atoms with van der Waals surface area (Å²) >= 11 is 0. The lowest BCUT2D eigenvalue weighted by atomic mass is 9.83. The van der Waals surface area contributed by atoms with Gasteiger partial charge in [0.2, 0.25) is 11.8 Å². The predicted octanol–water partition coefficient (Wildman–Crippen LogP) is 3.42. The minimum Gasteiger partial charge on any atom is -0.497 e. The highest BCUT2D eigenvalue weighted by Crippen LogP contribution is 2.83. The Morgan fingerprint density at radius 2 is 1.62 bits per heavy atom. The van der Waals surface area contributed by atoms with E-state index in [2.05, 4.69) is 17.5 Å². The quantitative estimate of drug-likeness (QED) is 0.664. The first-order valence-corrected chi connectivity index (χ1v) is 10.8. The summed E-state index contributed by atoms with van der Waals surface area (Å²) in [6.45, 7) is 0.243. The molecule has 1 saturated carbocycles. The number of hydrogen-bond acceptors (Lipinski definition) is 5. The molecular formula is C27H18N4O3. The maximum atomic E-state index is 14.4. The topological polar surface area (TPSA) is 106 Å². The highest BCUT2D eigenvalue weighted by molar-refractivity contribution is 6.26. The molecule has 2 heterocycles. The van der Waals surface area contributed by atoms with Gasteiger partial charge in [-0.3, -0.25) is 9.59 Å². The average Bonchev–Trinajstić information content (AvgIpc) is 3.19. The van der Waals surface area contributed by atoms with Crippen LogP contribution in [0.5, 0.6) is 5.75 Å². The fourth-order valence-corrected chi connectivity index (χ4v) is 6.18. The van der Waals surface area contributed by atoms with Crippen LogP contribution in [0.15, 0.2) is 72.8 Å². The van der Waals surface area contributed by atoms with Crippen LogP contribution >= 0.6 is 0 Å². The number of amides is 2. The molecule has 6 rings (SSSR count). The third kappa shape index (κ3) is 1.89. The molecule has 2 spiro atoms. The highest BCUT2D eigenvalue weighted by atomic mass is 16.5. The van der Waals surface area contributed by atoms with Crippen LogP contribution < -0.4 is 15.0 Å². The number of fused-ring (bicyclic) bond motifs is 5. The van der Waals surface area contributed by atoms with Crippen molar-refractivity contribution < 1.29 is 14.3 Å². The molecule has 2 aliphatic heterocycles. The molecule has 2 atom stereocenters. The molecule has 0 radical (unpaired) electrons. The van der Waals surface area contributed by atoms with Gasteiger partial charge in [-0.2, -0.15) is 10.5 Å². The molecule has 0 aromatic heterocycles. The number of carbonyl (C=O) groups excluding carboxylic acids is 2. The third-order valence-corrected chi connectivity index (χ3v) is 7.53. The van der Waals surface area contributed by atoms with Crippen LogP contribution in [0.2, 0.25) is 0 Å². The van der Waals surface area contributed by atoms with Crippen molar-refractivity contribution >= 4 is 23.2 Å². The fourth-order valence-electron chi connectivity index (χ4n) is 6.18. The molecule has 1 fully saturated rings. The molecular weight excluding hydrogens is 428 g/mol. The first-order valence-electron chi connectivity index (χ1n) is 10.8. The SMILES string of the molecule is COc1ccc2c(c1)[C@@]1(C(=O)N2Cc2ccccc2)C(C#N)(C#N)[C@@]12C(=O)Nc1ccccc12. The second-order valence-electron chi connectivity index (χ2n) is 8.73. The fraction of sp³-hybridized carbons (Fsp3) is 0.185. The van der Waals surface area contributed by atoms with Gasteiger partial charge >= 0.3 is 0 Å². The van der Waals surface area contributed by atoms with Crippen molar-refractivity contribution in [2.24, 2.45) is 5.41 Å². The molecule has 0 unspecified atom stereocenters. The molecule has 2 amide bonds. The van der Waals surface area contributed by atoms with Crippen LogP contribution in [0, 0.1) is 28.1 Å². The Labute approximate surface area is 195 Å². The number of nitrogens with one attached hydrogen (secondary N) is 1. The Hall–Kier alpha value is -4.62. The van der Waals surface area contributed by atoms with Gasteiger partial charge in [0.05, 0.1) is 25.8 Å². The van der Waals surface area contributed by atoms with E-state index in [0.29, 0.717) is 28.3 Å². The second kappa shape index (κ2) is 6.46. The number of methoxy groups -OCH3 is 1. The van der Waals surface area contributed by atoms with E-state index in [1.54, 1.807) is 47.4 Å². The standard InChI is InChI=1S/C27H18N4O3/c1-34-18-11-12-22-20(13-18)27(24(33)31(22)14-17-7-3-2-4-8-17)25(15-28,16-29)26(27)19-9-5-6-10-21(19)30-23(26)32/h2-13H,14H2,1H3,(H,30,32)/t26-,27-/m1/s1. The molecule has 7 heteroatoms. The third-order valence-electron chi connectivity index (χ3n) is 7.53. The Morgan fingerprint density at radius 1 is 0.912 bits per heavy atom. The normalized spacial score (nSPS) is 24.9. The lowest BCUT2D eigenvalue weighted by molar-refractivity contribution is -0.124. The van der Waals surface area contributed by atoms with Crippen molar-refractivity contribution in [2.75, 3.05) is 17.3 Å². The molecule has 0 saturated heterocycles. The van der Waals surface area contributed by atoms with Gasteiger partial charge in [0.25, 0.3) is 0 Å². The number of nitriles is 2. The number of para-hydroxylation sites is 1. The van der Waals surface area contributed by atoms with Crippen molar-refractivity contribution in [2.45, 2.75) is 17.4 Å². The van der Waals surface area contributed by atoms with Gasteiger partial charge in [-0.15, -0.1) is 0 Å². The molecule has 1 N–H and O–H groups in total. The lowest BCUT2D eigenvalue weighted by Crippen LogP contribution is -2.38. The van der Waals surface area contributed by atoms with Gasteiger partial charge < -0.3 is 15.0 Å². The van der Waals surface area contributed by atoms with Crippen molar-refractivity contribution in [3.05, 3.63) is 89.5 Å². The van der Waals surface area contributed by atoms with Crippen molar-refractivity contribution in [3.63, 3.8) is 0 Å². The molecule has 1 aliphatic carbocycles. The molecule has 34 heavy (non-hydrogen) atoms. The first kappa shape index (κ1) is 20.0. The van der Waals surface area contributed by atoms with Gasteiger partial charge in [-0.25, -0.2) is 0 Å². The molecule has 164 valence electrons. The van der Waals surface area contributed by atoms with E-state index < -0.39 is 28.1 Å². The summed E-state index contributed by atoms with van der Waals surface area (Å²) in [5.41, 5.74) is -2.35.